The van der Waals surface area contributed by atoms with Crippen LogP contribution in [0.5, 0.6) is 5.75 Å². The Morgan fingerprint density at radius 2 is 1.92 bits per heavy atom. The Bertz CT molecular complexity index is 937. The summed E-state index contributed by atoms with van der Waals surface area (Å²) < 4.78 is 41.9. The first-order valence-electron chi connectivity index (χ1n) is 6.47. The van der Waals surface area contributed by atoms with E-state index in [0.717, 1.165) is 12.1 Å². The maximum atomic E-state index is 12.5. The summed E-state index contributed by atoms with van der Waals surface area (Å²) in [5.41, 5.74) is -0.235. The molecule has 0 aliphatic carbocycles. The minimum atomic E-state index is -4.92. The second-order valence-electron chi connectivity index (χ2n) is 4.72. The zero-order valence-electron chi connectivity index (χ0n) is 11.7. The lowest BCUT2D eigenvalue weighted by Crippen LogP contribution is -2.17. The Balaban J connectivity index is 2.17. The number of hydrogen-bond acceptors (Lipinski definition) is 5. The van der Waals surface area contributed by atoms with Crippen LogP contribution in [0.15, 0.2) is 42.5 Å². The van der Waals surface area contributed by atoms with E-state index in [1.165, 1.54) is 30.3 Å². The molecule has 0 aliphatic heterocycles. The normalized spacial score (nSPS) is 11.6. The van der Waals surface area contributed by atoms with Crippen LogP contribution in [0.3, 0.4) is 0 Å². The van der Waals surface area contributed by atoms with Crippen molar-refractivity contribution in [3.8, 4) is 17.1 Å². The lowest BCUT2D eigenvalue weighted by atomic mass is 10.2. The first-order valence-corrected chi connectivity index (χ1v) is 6.47. The third-order valence-corrected chi connectivity index (χ3v) is 3.18. The Kier molecular flexibility index (Phi) is 3.51. The largest absolute Gasteiger partial charge is 0.573 e. The van der Waals surface area contributed by atoms with E-state index in [9.17, 15) is 28.5 Å². The fourth-order valence-electron chi connectivity index (χ4n) is 2.20. The molecule has 0 saturated carbocycles. The zero-order chi connectivity index (χ0) is 17.5. The summed E-state index contributed by atoms with van der Waals surface area (Å²) in [6.07, 6.45) is -4.92. The van der Waals surface area contributed by atoms with E-state index in [1.807, 2.05) is 0 Å². The number of ether oxygens (including phenoxy) is 1. The molecule has 3 rings (SSSR count). The molecule has 2 aromatic carbocycles. The monoisotopic (exact) mass is 339 g/mol. The SMILES string of the molecule is O=[N+]([O-])c1ccc2nc(-c3ccccc3OC(F)(F)F)n(O)c2c1. The number of nitro benzene ring substituents is 1. The van der Waals surface area contributed by atoms with E-state index >= 15 is 0 Å². The molecule has 0 atom stereocenters. The van der Waals surface area contributed by atoms with Gasteiger partial charge >= 0.3 is 6.36 Å². The van der Waals surface area contributed by atoms with Crippen molar-refractivity contribution < 1.29 is 28.0 Å². The van der Waals surface area contributed by atoms with Gasteiger partial charge in [-0.15, -0.1) is 13.2 Å². The first kappa shape index (κ1) is 15.6. The summed E-state index contributed by atoms with van der Waals surface area (Å²) in [7, 11) is 0. The summed E-state index contributed by atoms with van der Waals surface area (Å²) in [5, 5.41) is 21.0. The highest BCUT2D eigenvalue weighted by molar-refractivity contribution is 5.83. The van der Waals surface area contributed by atoms with Crippen molar-refractivity contribution >= 4 is 16.7 Å². The Morgan fingerprint density at radius 1 is 1.21 bits per heavy atom. The standard InChI is InChI=1S/C14H8F3N3O4/c15-14(16,17)24-12-4-2-1-3-9(12)13-18-10-6-5-8(20(22)23)7-11(10)19(13)21/h1-7,21H. The predicted molar refractivity (Wildman–Crippen MR) is 75.7 cm³/mol. The quantitative estimate of drug-likeness (QED) is 0.446. The predicted octanol–water partition coefficient (Wildman–Crippen LogP) is 3.75. The highest BCUT2D eigenvalue weighted by Gasteiger charge is 2.33. The number of nitrogens with zero attached hydrogens (tertiary/aromatic N) is 3. The van der Waals surface area contributed by atoms with E-state index in [0.29, 0.717) is 4.73 Å². The van der Waals surface area contributed by atoms with Crippen LogP contribution in [-0.4, -0.2) is 26.2 Å². The molecule has 124 valence electrons. The Labute approximate surface area is 131 Å². The molecule has 0 spiro atoms. The molecule has 0 saturated heterocycles. The summed E-state index contributed by atoms with van der Waals surface area (Å²) in [5.74, 6) is -0.782. The van der Waals surface area contributed by atoms with Crippen molar-refractivity contribution in [2.75, 3.05) is 0 Å². The fraction of sp³-hybridized carbons (Fsp3) is 0.0714. The number of aromatic nitrogens is 2. The van der Waals surface area contributed by atoms with Gasteiger partial charge in [0.05, 0.1) is 16.0 Å². The minimum absolute atomic E-state index is 0.0130. The van der Waals surface area contributed by atoms with Crippen molar-refractivity contribution in [3.05, 3.63) is 52.6 Å². The number of alkyl halides is 3. The van der Waals surface area contributed by atoms with Crippen LogP contribution in [0, 0.1) is 10.1 Å². The van der Waals surface area contributed by atoms with E-state index < -0.39 is 17.0 Å². The molecule has 0 amide bonds. The van der Waals surface area contributed by atoms with Crippen LogP contribution in [0.1, 0.15) is 0 Å². The van der Waals surface area contributed by atoms with Gasteiger partial charge in [0.2, 0.25) is 0 Å². The average molecular weight is 339 g/mol. The van der Waals surface area contributed by atoms with Gasteiger partial charge in [-0.25, -0.2) is 4.98 Å². The molecule has 0 bridgehead atoms. The van der Waals surface area contributed by atoms with Crippen LogP contribution in [0.25, 0.3) is 22.4 Å². The molecule has 24 heavy (non-hydrogen) atoms. The topological polar surface area (TPSA) is 90.4 Å². The van der Waals surface area contributed by atoms with Crippen LogP contribution in [0.2, 0.25) is 0 Å². The smallest absolute Gasteiger partial charge is 0.426 e. The summed E-state index contributed by atoms with van der Waals surface area (Å²) in [4.78, 5) is 14.1. The van der Waals surface area contributed by atoms with Gasteiger partial charge in [-0.2, -0.15) is 4.73 Å². The number of hydrogen-bond donors (Lipinski definition) is 1. The van der Waals surface area contributed by atoms with E-state index in [4.69, 9.17) is 0 Å². The maximum Gasteiger partial charge on any atom is 0.573 e. The molecule has 0 radical (unpaired) electrons. The number of rotatable bonds is 3. The number of benzene rings is 2. The van der Waals surface area contributed by atoms with Crippen molar-refractivity contribution in [2.24, 2.45) is 0 Å². The molecule has 1 N–H and O–H groups in total. The van der Waals surface area contributed by atoms with Crippen molar-refractivity contribution in [2.45, 2.75) is 6.36 Å². The second-order valence-corrected chi connectivity index (χ2v) is 4.72. The number of fused-ring (bicyclic) bond motifs is 1. The molecule has 1 aromatic heterocycles. The van der Waals surface area contributed by atoms with Crippen LogP contribution < -0.4 is 4.74 Å². The lowest BCUT2D eigenvalue weighted by Gasteiger charge is -2.12. The van der Waals surface area contributed by atoms with Gasteiger partial charge in [0, 0.05) is 12.1 Å². The summed E-state index contributed by atoms with van der Waals surface area (Å²) in [6, 6.07) is 8.67. The zero-order valence-corrected chi connectivity index (χ0v) is 11.7. The maximum absolute atomic E-state index is 12.5. The van der Waals surface area contributed by atoms with Gasteiger partial charge in [0.1, 0.15) is 11.3 Å². The third-order valence-electron chi connectivity index (χ3n) is 3.18. The van der Waals surface area contributed by atoms with Gasteiger partial charge in [-0.3, -0.25) is 10.1 Å². The van der Waals surface area contributed by atoms with Gasteiger partial charge in [-0.1, -0.05) is 12.1 Å². The minimum Gasteiger partial charge on any atom is -0.426 e. The number of non-ortho nitro benzene ring substituents is 1. The second kappa shape index (κ2) is 5.41. The van der Waals surface area contributed by atoms with Crippen LogP contribution in [-0.2, 0) is 0 Å². The van der Waals surface area contributed by atoms with E-state index in [1.54, 1.807) is 0 Å². The fourth-order valence-corrected chi connectivity index (χ4v) is 2.20. The Morgan fingerprint density at radius 3 is 2.58 bits per heavy atom. The molecular weight excluding hydrogens is 331 g/mol. The lowest BCUT2D eigenvalue weighted by molar-refractivity contribution is -0.384. The molecule has 0 aliphatic rings. The van der Waals surface area contributed by atoms with Crippen molar-refractivity contribution in [3.63, 3.8) is 0 Å². The van der Waals surface area contributed by atoms with Gasteiger partial charge in [0.15, 0.2) is 5.82 Å². The summed E-state index contributed by atoms with van der Waals surface area (Å²) >= 11 is 0. The molecule has 1 heterocycles. The highest BCUT2D eigenvalue weighted by Crippen LogP contribution is 2.34. The molecule has 0 fully saturated rings. The summed E-state index contributed by atoms with van der Waals surface area (Å²) in [6.45, 7) is 0. The molecular formula is C14H8F3N3O4. The average Bonchev–Trinajstić information content (AvgIpc) is 2.83. The van der Waals surface area contributed by atoms with Crippen LogP contribution in [0.4, 0.5) is 18.9 Å². The van der Waals surface area contributed by atoms with E-state index in [-0.39, 0.29) is 28.1 Å². The molecule has 0 unspecified atom stereocenters. The third kappa shape index (κ3) is 2.81. The number of nitro groups is 1. The Hall–Kier alpha value is -3.30. The van der Waals surface area contributed by atoms with E-state index in [2.05, 4.69) is 9.72 Å². The van der Waals surface area contributed by atoms with Crippen molar-refractivity contribution in [1.82, 2.24) is 9.71 Å². The van der Waals surface area contributed by atoms with Gasteiger partial charge in [0.25, 0.3) is 5.69 Å². The number of halogens is 3. The molecule has 10 heteroatoms. The van der Waals surface area contributed by atoms with Gasteiger partial charge < -0.3 is 9.94 Å². The molecule has 7 nitrogen and oxygen atoms in total. The van der Waals surface area contributed by atoms with Gasteiger partial charge in [-0.05, 0) is 18.2 Å². The number of imidazole rings is 1. The molecule has 3 aromatic rings. The highest BCUT2D eigenvalue weighted by atomic mass is 19.4. The van der Waals surface area contributed by atoms with Crippen LogP contribution >= 0.6 is 0 Å². The number of para-hydroxylation sites is 1. The van der Waals surface area contributed by atoms with Crippen molar-refractivity contribution in [1.29, 1.82) is 0 Å². The first-order chi connectivity index (χ1) is 11.3.